The van der Waals surface area contributed by atoms with Gasteiger partial charge in [0.15, 0.2) is 5.82 Å². The van der Waals surface area contributed by atoms with E-state index in [9.17, 15) is 4.39 Å². The second-order valence-electron chi connectivity index (χ2n) is 4.16. The molecule has 2 heterocycles. The van der Waals surface area contributed by atoms with Crippen molar-refractivity contribution in [2.24, 2.45) is 0 Å². The smallest absolute Gasteiger partial charge is 0.223 e. The third-order valence-corrected chi connectivity index (χ3v) is 2.80. The molecule has 0 unspecified atom stereocenters. The quantitative estimate of drug-likeness (QED) is 0.790. The average Bonchev–Trinajstić information content (AvgIpc) is 3.01. The lowest BCUT2D eigenvalue weighted by Gasteiger charge is -2.10. The lowest BCUT2D eigenvalue weighted by atomic mass is 10.2. The van der Waals surface area contributed by atoms with Gasteiger partial charge in [0.1, 0.15) is 0 Å². The third kappa shape index (κ3) is 2.64. The topological polar surface area (TPSA) is 55.6 Å². The molecule has 0 bridgehead atoms. The van der Waals surface area contributed by atoms with E-state index >= 15 is 0 Å². The standard InChI is InChI=1S/C14H12FN5/c15-12-9-17-14(18-10-12)16-8-11-4-1-2-5-13(11)20-7-3-6-19-20/h1-7,9-10H,8H2,(H,16,17,18). The molecular weight excluding hydrogens is 257 g/mol. The van der Waals surface area contributed by atoms with Crippen LogP contribution in [0.15, 0.2) is 55.1 Å². The Balaban J connectivity index is 1.79. The van der Waals surface area contributed by atoms with Crippen molar-refractivity contribution in [3.63, 3.8) is 0 Å². The summed E-state index contributed by atoms with van der Waals surface area (Å²) in [4.78, 5) is 7.73. The molecule has 5 nitrogen and oxygen atoms in total. The molecule has 20 heavy (non-hydrogen) atoms. The van der Waals surface area contributed by atoms with Crippen LogP contribution in [0.2, 0.25) is 0 Å². The molecular formula is C14H12FN5. The summed E-state index contributed by atoms with van der Waals surface area (Å²) in [7, 11) is 0. The molecule has 6 heteroatoms. The molecule has 0 saturated carbocycles. The molecule has 1 aromatic carbocycles. The van der Waals surface area contributed by atoms with Crippen LogP contribution in [0.1, 0.15) is 5.56 Å². The predicted molar refractivity (Wildman–Crippen MR) is 72.9 cm³/mol. The zero-order valence-electron chi connectivity index (χ0n) is 10.6. The van der Waals surface area contributed by atoms with Gasteiger partial charge in [0.2, 0.25) is 5.95 Å². The van der Waals surface area contributed by atoms with Crippen LogP contribution in [-0.4, -0.2) is 19.7 Å². The summed E-state index contributed by atoms with van der Waals surface area (Å²) in [5.41, 5.74) is 2.02. The molecule has 2 aromatic heterocycles. The fourth-order valence-corrected chi connectivity index (χ4v) is 1.87. The van der Waals surface area contributed by atoms with E-state index in [1.54, 1.807) is 10.9 Å². The Kier molecular flexibility index (Phi) is 3.36. The highest BCUT2D eigenvalue weighted by atomic mass is 19.1. The summed E-state index contributed by atoms with van der Waals surface area (Å²) in [6.45, 7) is 0.529. The first-order valence-electron chi connectivity index (χ1n) is 6.12. The summed E-state index contributed by atoms with van der Waals surface area (Å²) >= 11 is 0. The van der Waals surface area contributed by atoms with Crippen molar-refractivity contribution in [1.29, 1.82) is 0 Å². The highest BCUT2D eigenvalue weighted by molar-refractivity contribution is 5.42. The van der Waals surface area contributed by atoms with Gasteiger partial charge in [0.25, 0.3) is 0 Å². The van der Waals surface area contributed by atoms with Crippen LogP contribution in [0.25, 0.3) is 5.69 Å². The van der Waals surface area contributed by atoms with Gasteiger partial charge < -0.3 is 5.32 Å². The molecule has 0 atom stereocenters. The van der Waals surface area contributed by atoms with Gasteiger partial charge in [-0.05, 0) is 17.7 Å². The van der Waals surface area contributed by atoms with Crippen LogP contribution in [-0.2, 0) is 6.54 Å². The minimum atomic E-state index is -0.451. The number of hydrogen-bond donors (Lipinski definition) is 1. The number of nitrogens with zero attached hydrogens (tertiary/aromatic N) is 4. The van der Waals surface area contributed by atoms with E-state index in [1.807, 2.05) is 36.5 Å². The molecule has 0 aliphatic carbocycles. The second-order valence-corrected chi connectivity index (χ2v) is 4.16. The Labute approximate surface area is 115 Å². The Bertz CT molecular complexity index is 679. The van der Waals surface area contributed by atoms with Crippen molar-refractivity contribution in [3.8, 4) is 5.69 Å². The molecule has 0 radical (unpaired) electrons. The van der Waals surface area contributed by atoms with Gasteiger partial charge in [-0.15, -0.1) is 0 Å². The molecule has 0 spiro atoms. The Morgan fingerprint density at radius 3 is 2.65 bits per heavy atom. The van der Waals surface area contributed by atoms with Crippen molar-refractivity contribution >= 4 is 5.95 Å². The van der Waals surface area contributed by atoms with Crippen LogP contribution < -0.4 is 5.32 Å². The molecule has 3 aromatic rings. The first kappa shape index (κ1) is 12.3. The third-order valence-electron chi connectivity index (χ3n) is 2.80. The minimum absolute atomic E-state index is 0.390. The van der Waals surface area contributed by atoms with Gasteiger partial charge >= 0.3 is 0 Å². The summed E-state index contributed by atoms with van der Waals surface area (Å²) in [5, 5.41) is 7.28. The number of halogens is 1. The van der Waals surface area contributed by atoms with E-state index in [-0.39, 0.29) is 0 Å². The van der Waals surface area contributed by atoms with E-state index in [1.165, 1.54) is 0 Å². The molecule has 0 fully saturated rings. The molecule has 3 rings (SSSR count). The predicted octanol–water partition coefficient (Wildman–Crippen LogP) is 2.41. The number of rotatable bonds is 4. The maximum Gasteiger partial charge on any atom is 0.223 e. The van der Waals surface area contributed by atoms with Crippen molar-refractivity contribution in [2.75, 3.05) is 5.32 Å². The lowest BCUT2D eigenvalue weighted by molar-refractivity contribution is 0.614. The number of benzene rings is 1. The summed E-state index contributed by atoms with van der Waals surface area (Å²) in [6.07, 6.45) is 5.88. The molecule has 0 aliphatic rings. The van der Waals surface area contributed by atoms with Crippen LogP contribution in [0.5, 0.6) is 0 Å². The highest BCUT2D eigenvalue weighted by Crippen LogP contribution is 2.14. The number of hydrogen-bond acceptors (Lipinski definition) is 4. The Hall–Kier alpha value is -2.76. The van der Waals surface area contributed by atoms with Crippen LogP contribution in [0, 0.1) is 5.82 Å². The Morgan fingerprint density at radius 1 is 1.10 bits per heavy atom. The van der Waals surface area contributed by atoms with Gasteiger partial charge in [-0.2, -0.15) is 5.10 Å². The first-order valence-corrected chi connectivity index (χ1v) is 6.12. The second kappa shape index (κ2) is 5.48. The summed E-state index contributed by atoms with van der Waals surface area (Å²) in [5.74, 6) is -0.0610. The van der Waals surface area contributed by atoms with Gasteiger partial charge in [0.05, 0.1) is 18.1 Å². The van der Waals surface area contributed by atoms with Crippen molar-refractivity contribution in [1.82, 2.24) is 19.7 Å². The fourth-order valence-electron chi connectivity index (χ4n) is 1.87. The normalized spacial score (nSPS) is 10.4. The largest absolute Gasteiger partial charge is 0.350 e. The lowest BCUT2D eigenvalue weighted by Crippen LogP contribution is -2.07. The van der Waals surface area contributed by atoms with Gasteiger partial charge in [-0.3, -0.25) is 0 Å². The number of anilines is 1. The highest BCUT2D eigenvalue weighted by Gasteiger charge is 2.04. The van der Waals surface area contributed by atoms with E-state index in [0.29, 0.717) is 12.5 Å². The van der Waals surface area contributed by atoms with Crippen molar-refractivity contribution in [3.05, 3.63) is 66.5 Å². The Morgan fingerprint density at radius 2 is 1.90 bits per heavy atom. The maximum atomic E-state index is 12.7. The molecule has 0 saturated heterocycles. The SMILES string of the molecule is Fc1cnc(NCc2ccccc2-n2cccn2)nc1. The van der Waals surface area contributed by atoms with Crippen molar-refractivity contribution < 1.29 is 4.39 Å². The zero-order chi connectivity index (χ0) is 13.8. The van der Waals surface area contributed by atoms with Crippen molar-refractivity contribution in [2.45, 2.75) is 6.54 Å². The minimum Gasteiger partial charge on any atom is -0.350 e. The first-order chi connectivity index (χ1) is 9.83. The summed E-state index contributed by atoms with van der Waals surface area (Å²) in [6, 6.07) is 9.75. The van der Waals surface area contributed by atoms with E-state index in [4.69, 9.17) is 0 Å². The zero-order valence-corrected chi connectivity index (χ0v) is 10.6. The molecule has 0 aliphatic heterocycles. The van der Waals surface area contributed by atoms with E-state index in [2.05, 4.69) is 20.4 Å². The average molecular weight is 269 g/mol. The number of nitrogens with one attached hydrogen (secondary N) is 1. The summed E-state index contributed by atoms with van der Waals surface area (Å²) < 4.78 is 14.5. The molecule has 0 amide bonds. The van der Waals surface area contributed by atoms with Gasteiger partial charge in [-0.25, -0.2) is 19.0 Å². The molecule has 100 valence electrons. The van der Waals surface area contributed by atoms with Crippen LogP contribution in [0.4, 0.5) is 10.3 Å². The van der Waals surface area contributed by atoms with Gasteiger partial charge in [-0.1, -0.05) is 18.2 Å². The van der Waals surface area contributed by atoms with E-state index < -0.39 is 5.82 Å². The monoisotopic (exact) mass is 269 g/mol. The fraction of sp³-hybridized carbons (Fsp3) is 0.0714. The maximum absolute atomic E-state index is 12.7. The van der Waals surface area contributed by atoms with Crippen LogP contribution >= 0.6 is 0 Å². The van der Waals surface area contributed by atoms with Crippen LogP contribution in [0.3, 0.4) is 0 Å². The van der Waals surface area contributed by atoms with Gasteiger partial charge in [0, 0.05) is 18.9 Å². The molecule has 1 N–H and O–H groups in total. The number of aromatic nitrogens is 4. The van der Waals surface area contributed by atoms with E-state index in [0.717, 1.165) is 23.6 Å². The number of para-hydroxylation sites is 1.